The number of hydrogen-bond acceptors (Lipinski definition) is 6. The fourth-order valence-electron chi connectivity index (χ4n) is 2.90. The van der Waals surface area contributed by atoms with Gasteiger partial charge >= 0.3 is 0 Å². The monoisotopic (exact) mass is 339 g/mol. The van der Waals surface area contributed by atoms with Gasteiger partial charge < -0.3 is 10.6 Å². The molecule has 0 spiro atoms. The summed E-state index contributed by atoms with van der Waals surface area (Å²) in [6.45, 7) is 4.00. The lowest BCUT2D eigenvalue weighted by molar-refractivity contribution is 0.186. The summed E-state index contributed by atoms with van der Waals surface area (Å²) in [6.07, 6.45) is 1.39. The van der Waals surface area contributed by atoms with Gasteiger partial charge in [0.15, 0.2) is 0 Å². The number of rotatable bonds is 5. The van der Waals surface area contributed by atoms with Gasteiger partial charge in [-0.1, -0.05) is 0 Å². The maximum Gasteiger partial charge on any atom is 0.217 e. The zero-order valence-corrected chi connectivity index (χ0v) is 13.9. The van der Waals surface area contributed by atoms with Crippen molar-refractivity contribution >= 4 is 19.9 Å². The van der Waals surface area contributed by atoms with E-state index in [0.717, 1.165) is 26.1 Å². The van der Waals surface area contributed by atoms with Gasteiger partial charge in [-0.25, -0.2) is 16.8 Å². The highest BCUT2D eigenvalue weighted by Gasteiger charge is 2.37. The van der Waals surface area contributed by atoms with E-state index >= 15 is 0 Å². The van der Waals surface area contributed by atoms with Gasteiger partial charge in [-0.15, -0.1) is 0 Å². The van der Waals surface area contributed by atoms with Gasteiger partial charge in [-0.2, -0.15) is 4.31 Å². The van der Waals surface area contributed by atoms with Gasteiger partial charge in [0.05, 0.1) is 16.8 Å². The number of nitrogens with zero attached hydrogens (tertiary/aromatic N) is 2. The summed E-state index contributed by atoms with van der Waals surface area (Å²) >= 11 is 0. The van der Waals surface area contributed by atoms with Crippen LogP contribution in [0.2, 0.25) is 0 Å². The Morgan fingerprint density at radius 3 is 2.14 bits per heavy atom. The van der Waals surface area contributed by atoms with Gasteiger partial charge in [0.1, 0.15) is 9.84 Å². The smallest absolute Gasteiger partial charge is 0.217 e. The van der Waals surface area contributed by atoms with E-state index in [1.165, 1.54) is 4.31 Å². The average Bonchev–Trinajstić information content (AvgIpc) is 2.45. The minimum absolute atomic E-state index is 0.00659. The molecule has 0 radical (unpaired) electrons. The molecule has 0 aromatic heterocycles. The van der Waals surface area contributed by atoms with Crippen LogP contribution in [0.4, 0.5) is 0 Å². The van der Waals surface area contributed by atoms with Crippen molar-refractivity contribution in [3.05, 3.63) is 0 Å². The van der Waals surface area contributed by atoms with E-state index < -0.39 is 25.1 Å². The van der Waals surface area contributed by atoms with Gasteiger partial charge in [0.2, 0.25) is 10.0 Å². The van der Waals surface area contributed by atoms with E-state index in [1.54, 1.807) is 0 Å². The van der Waals surface area contributed by atoms with Crippen LogP contribution in [-0.2, 0) is 19.9 Å². The second-order valence-electron chi connectivity index (χ2n) is 5.78. The van der Waals surface area contributed by atoms with E-state index in [4.69, 9.17) is 5.73 Å². The molecule has 2 rings (SSSR count). The molecule has 2 aliphatic heterocycles. The van der Waals surface area contributed by atoms with Crippen LogP contribution in [0, 0.1) is 0 Å². The molecular weight excluding hydrogens is 314 g/mol. The van der Waals surface area contributed by atoms with E-state index in [1.807, 2.05) is 0 Å². The minimum Gasteiger partial charge on any atom is -0.330 e. The minimum atomic E-state index is -3.36. The van der Waals surface area contributed by atoms with Crippen molar-refractivity contribution in [2.75, 3.05) is 50.8 Å². The fourth-order valence-corrected chi connectivity index (χ4v) is 6.61. The highest BCUT2D eigenvalue weighted by molar-refractivity contribution is 7.92. The third kappa shape index (κ3) is 4.38. The number of sulfonamides is 1. The Kier molecular flexibility index (Phi) is 5.64. The Hall–Kier alpha value is -0.220. The largest absolute Gasteiger partial charge is 0.330 e. The molecule has 2 fully saturated rings. The standard InChI is InChI=1S/C12H25N3O4S2/c13-4-1-5-14-6-8-15(9-7-14)21(18,19)12-2-10-20(16,17)11-3-12/h12H,1-11,13H2. The van der Waals surface area contributed by atoms with Crippen molar-refractivity contribution in [3.63, 3.8) is 0 Å². The fraction of sp³-hybridized carbons (Fsp3) is 1.00. The summed E-state index contributed by atoms with van der Waals surface area (Å²) < 4.78 is 49.5. The first kappa shape index (κ1) is 17.1. The van der Waals surface area contributed by atoms with Crippen molar-refractivity contribution in [2.24, 2.45) is 5.73 Å². The van der Waals surface area contributed by atoms with Gasteiger partial charge in [0, 0.05) is 26.2 Å². The molecule has 0 aromatic carbocycles. The van der Waals surface area contributed by atoms with Gasteiger partial charge in [-0.05, 0) is 32.4 Å². The zero-order chi connectivity index (χ0) is 15.5. The molecule has 21 heavy (non-hydrogen) atoms. The molecule has 9 heteroatoms. The zero-order valence-electron chi connectivity index (χ0n) is 12.3. The molecular formula is C12H25N3O4S2. The lowest BCUT2D eigenvalue weighted by Crippen LogP contribution is -2.52. The van der Waals surface area contributed by atoms with E-state index in [9.17, 15) is 16.8 Å². The lowest BCUT2D eigenvalue weighted by atomic mass is 10.2. The first-order valence-corrected chi connectivity index (χ1v) is 10.8. The van der Waals surface area contributed by atoms with Crippen molar-refractivity contribution in [1.82, 2.24) is 9.21 Å². The lowest BCUT2D eigenvalue weighted by Gasteiger charge is -2.36. The highest BCUT2D eigenvalue weighted by Crippen LogP contribution is 2.23. The van der Waals surface area contributed by atoms with Crippen LogP contribution in [0.15, 0.2) is 0 Å². The number of sulfone groups is 1. The van der Waals surface area contributed by atoms with Crippen LogP contribution in [0.5, 0.6) is 0 Å². The molecule has 0 bridgehead atoms. The quantitative estimate of drug-likeness (QED) is 0.679. The maximum absolute atomic E-state index is 12.6. The molecule has 0 unspecified atom stereocenters. The average molecular weight is 339 g/mol. The molecule has 0 atom stereocenters. The molecule has 2 N–H and O–H groups in total. The molecule has 2 aliphatic rings. The molecule has 0 saturated carbocycles. The van der Waals surface area contributed by atoms with E-state index in [2.05, 4.69) is 4.90 Å². The first-order chi connectivity index (χ1) is 9.85. The molecule has 0 amide bonds. The summed E-state index contributed by atoms with van der Waals surface area (Å²) in [5.74, 6) is -0.0132. The Morgan fingerprint density at radius 1 is 1.05 bits per heavy atom. The Labute approximate surface area is 127 Å². The van der Waals surface area contributed by atoms with Crippen LogP contribution in [0.25, 0.3) is 0 Å². The Balaban J connectivity index is 1.90. The second-order valence-corrected chi connectivity index (χ2v) is 10.3. The second kappa shape index (κ2) is 6.91. The molecule has 2 saturated heterocycles. The summed E-state index contributed by atoms with van der Waals surface area (Å²) in [5.41, 5.74) is 5.48. The van der Waals surface area contributed by atoms with Crippen LogP contribution in [0.1, 0.15) is 19.3 Å². The topological polar surface area (TPSA) is 101 Å². The van der Waals surface area contributed by atoms with Crippen molar-refractivity contribution in [1.29, 1.82) is 0 Å². The molecule has 124 valence electrons. The molecule has 7 nitrogen and oxygen atoms in total. The van der Waals surface area contributed by atoms with Crippen LogP contribution in [0.3, 0.4) is 0 Å². The molecule has 0 aliphatic carbocycles. The van der Waals surface area contributed by atoms with E-state index in [-0.39, 0.29) is 24.3 Å². The maximum atomic E-state index is 12.6. The summed E-state index contributed by atoms with van der Waals surface area (Å²) in [5, 5.41) is -0.531. The Bertz CT molecular complexity index is 525. The number of hydrogen-bond donors (Lipinski definition) is 1. The third-order valence-corrected chi connectivity index (χ3v) is 8.41. The summed E-state index contributed by atoms with van der Waals surface area (Å²) in [6, 6.07) is 0. The van der Waals surface area contributed by atoms with Crippen LogP contribution >= 0.6 is 0 Å². The SMILES string of the molecule is NCCCN1CCN(S(=O)(=O)C2CCS(=O)(=O)CC2)CC1. The third-order valence-electron chi connectivity index (χ3n) is 4.29. The van der Waals surface area contributed by atoms with Gasteiger partial charge in [-0.3, -0.25) is 0 Å². The van der Waals surface area contributed by atoms with Crippen LogP contribution < -0.4 is 5.73 Å². The summed E-state index contributed by atoms with van der Waals surface area (Å²) in [7, 11) is -6.39. The Morgan fingerprint density at radius 2 is 1.62 bits per heavy atom. The predicted molar refractivity (Wildman–Crippen MR) is 82.3 cm³/mol. The van der Waals surface area contributed by atoms with Gasteiger partial charge in [0.25, 0.3) is 0 Å². The van der Waals surface area contributed by atoms with Crippen molar-refractivity contribution < 1.29 is 16.8 Å². The van der Waals surface area contributed by atoms with Crippen molar-refractivity contribution in [3.8, 4) is 0 Å². The van der Waals surface area contributed by atoms with Crippen molar-refractivity contribution in [2.45, 2.75) is 24.5 Å². The number of piperazine rings is 1. The van der Waals surface area contributed by atoms with E-state index in [0.29, 0.717) is 19.6 Å². The predicted octanol–water partition coefficient (Wildman–Crippen LogP) is -1.14. The highest BCUT2D eigenvalue weighted by atomic mass is 32.2. The van der Waals surface area contributed by atoms with Crippen LogP contribution in [-0.4, -0.2) is 82.1 Å². The number of nitrogens with two attached hydrogens (primary N) is 1. The summed E-state index contributed by atoms with van der Waals surface area (Å²) in [4.78, 5) is 2.23. The molecule has 0 aromatic rings. The normalized spacial score (nSPS) is 26.0. The molecule has 2 heterocycles. The first-order valence-electron chi connectivity index (χ1n) is 7.47.